The number of likely N-dealkylation sites (N-methyl/N-ethyl adjacent to an activating group) is 1. The van der Waals surface area contributed by atoms with Crippen molar-refractivity contribution in [2.24, 2.45) is 0 Å². The van der Waals surface area contributed by atoms with E-state index in [2.05, 4.69) is 21.7 Å². The van der Waals surface area contributed by atoms with Crippen molar-refractivity contribution in [3.05, 3.63) is 48.2 Å². The van der Waals surface area contributed by atoms with E-state index in [-0.39, 0.29) is 5.91 Å². The van der Waals surface area contributed by atoms with Crippen LogP contribution in [0.2, 0.25) is 0 Å². The third-order valence-corrected chi connectivity index (χ3v) is 4.28. The number of fused-ring (bicyclic) bond motifs is 3. The second-order valence-corrected chi connectivity index (χ2v) is 5.68. The van der Waals surface area contributed by atoms with Crippen LogP contribution in [0.3, 0.4) is 0 Å². The van der Waals surface area contributed by atoms with Gasteiger partial charge in [0.1, 0.15) is 5.82 Å². The van der Waals surface area contributed by atoms with E-state index in [9.17, 15) is 4.79 Å². The molecule has 4 rings (SSSR count). The highest BCUT2D eigenvalue weighted by Gasteiger charge is 2.19. The first-order valence-corrected chi connectivity index (χ1v) is 7.81. The number of carbonyl (C=O) groups is 1. The number of hydrogen-bond acceptors (Lipinski definition) is 4. The van der Waals surface area contributed by atoms with Crippen LogP contribution in [-0.2, 0) is 13.1 Å². The van der Waals surface area contributed by atoms with E-state index >= 15 is 0 Å². The summed E-state index contributed by atoms with van der Waals surface area (Å²) in [5, 5.41) is 2.84. The molecule has 0 fully saturated rings. The molecule has 1 aromatic carbocycles. The van der Waals surface area contributed by atoms with Crippen molar-refractivity contribution < 1.29 is 9.21 Å². The fourth-order valence-electron chi connectivity index (χ4n) is 3.02. The van der Waals surface area contributed by atoms with Gasteiger partial charge in [-0.3, -0.25) is 9.69 Å². The van der Waals surface area contributed by atoms with Gasteiger partial charge in [-0.15, -0.1) is 0 Å². The fraction of sp³-hybridized carbons (Fsp3) is 0.294. The Morgan fingerprint density at radius 1 is 1.35 bits per heavy atom. The summed E-state index contributed by atoms with van der Waals surface area (Å²) in [6.07, 6.45) is 1.49. The molecule has 0 saturated carbocycles. The highest BCUT2D eigenvalue weighted by atomic mass is 16.3. The van der Waals surface area contributed by atoms with Gasteiger partial charge >= 0.3 is 0 Å². The third-order valence-electron chi connectivity index (χ3n) is 4.28. The molecule has 2 aromatic heterocycles. The number of rotatable bonds is 3. The maximum atomic E-state index is 12.1. The van der Waals surface area contributed by atoms with Gasteiger partial charge in [-0.25, -0.2) is 4.98 Å². The van der Waals surface area contributed by atoms with Gasteiger partial charge in [-0.05, 0) is 36.9 Å². The first-order chi connectivity index (χ1) is 11.2. The lowest BCUT2D eigenvalue weighted by atomic mass is 10.2. The zero-order valence-electron chi connectivity index (χ0n) is 13.0. The zero-order valence-corrected chi connectivity index (χ0v) is 13.0. The molecule has 0 radical (unpaired) electrons. The standard InChI is InChI=1S/C17H18N4O2/c1-2-20-7-8-21-14-6-5-12(10-13(14)19-16(21)11-20)18-17(22)15-4-3-9-23-15/h3-6,9-10H,2,7-8,11H2,1H3,(H,18,22). The molecule has 1 aliphatic heterocycles. The predicted molar refractivity (Wildman–Crippen MR) is 87.3 cm³/mol. The van der Waals surface area contributed by atoms with Crippen LogP contribution in [0, 0.1) is 0 Å². The van der Waals surface area contributed by atoms with Gasteiger partial charge in [0.05, 0.1) is 23.8 Å². The molecule has 3 aromatic rings. The maximum Gasteiger partial charge on any atom is 0.291 e. The van der Waals surface area contributed by atoms with Gasteiger partial charge in [0.15, 0.2) is 5.76 Å². The summed E-state index contributed by atoms with van der Waals surface area (Å²) in [6.45, 7) is 6.08. The van der Waals surface area contributed by atoms with Crippen LogP contribution in [-0.4, -0.2) is 33.4 Å². The first-order valence-electron chi connectivity index (χ1n) is 7.81. The largest absolute Gasteiger partial charge is 0.459 e. The molecule has 0 aliphatic carbocycles. The number of imidazole rings is 1. The number of hydrogen-bond donors (Lipinski definition) is 1. The van der Waals surface area contributed by atoms with E-state index in [0.717, 1.165) is 48.7 Å². The Balaban J connectivity index is 1.63. The molecule has 1 aliphatic rings. The number of aromatic nitrogens is 2. The molecule has 6 heteroatoms. The minimum atomic E-state index is -0.254. The van der Waals surface area contributed by atoms with Gasteiger partial charge in [0.25, 0.3) is 5.91 Å². The van der Waals surface area contributed by atoms with Crippen molar-refractivity contribution in [3.8, 4) is 0 Å². The van der Waals surface area contributed by atoms with E-state index in [1.54, 1.807) is 12.1 Å². The Morgan fingerprint density at radius 3 is 3.04 bits per heavy atom. The van der Waals surface area contributed by atoms with E-state index in [4.69, 9.17) is 9.40 Å². The Morgan fingerprint density at radius 2 is 2.26 bits per heavy atom. The number of amides is 1. The monoisotopic (exact) mass is 310 g/mol. The molecule has 118 valence electrons. The molecule has 0 atom stereocenters. The minimum absolute atomic E-state index is 0.254. The van der Waals surface area contributed by atoms with Gasteiger partial charge in [0, 0.05) is 18.8 Å². The average molecular weight is 310 g/mol. The maximum absolute atomic E-state index is 12.1. The van der Waals surface area contributed by atoms with Crippen LogP contribution in [0.15, 0.2) is 41.0 Å². The predicted octanol–water partition coefficient (Wildman–Crippen LogP) is 2.72. The summed E-state index contributed by atoms with van der Waals surface area (Å²) in [5.41, 5.74) is 2.75. The van der Waals surface area contributed by atoms with E-state index in [1.807, 2.05) is 18.2 Å². The summed E-state index contributed by atoms with van der Waals surface area (Å²) >= 11 is 0. The second kappa shape index (κ2) is 5.55. The Kier molecular flexibility index (Phi) is 3.38. The van der Waals surface area contributed by atoms with E-state index in [1.165, 1.54) is 6.26 Å². The number of furan rings is 1. The van der Waals surface area contributed by atoms with Gasteiger partial charge in [0.2, 0.25) is 0 Å². The number of nitrogens with one attached hydrogen (secondary N) is 1. The molecule has 0 saturated heterocycles. The number of benzene rings is 1. The van der Waals surface area contributed by atoms with Crippen molar-refractivity contribution in [3.63, 3.8) is 0 Å². The SMILES string of the molecule is CCN1CCn2c(nc3cc(NC(=O)c4ccco4)ccc32)C1. The smallest absolute Gasteiger partial charge is 0.291 e. The summed E-state index contributed by atoms with van der Waals surface area (Å²) in [5.74, 6) is 1.13. The third kappa shape index (κ3) is 2.51. The number of anilines is 1. The lowest BCUT2D eigenvalue weighted by molar-refractivity contribution is 0.0996. The fourth-order valence-corrected chi connectivity index (χ4v) is 3.02. The molecule has 0 bridgehead atoms. The Labute approximate surface area is 133 Å². The molecular weight excluding hydrogens is 292 g/mol. The van der Waals surface area contributed by atoms with Crippen molar-refractivity contribution in [1.82, 2.24) is 14.5 Å². The minimum Gasteiger partial charge on any atom is -0.459 e. The summed E-state index contributed by atoms with van der Waals surface area (Å²) in [6, 6.07) is 9.18. The van der Waals surface area contributed by atoms with Crippen LogP contribution in [0.5, 0.6) is 0 Å². The van der Waals surface area contributed by atoms with Crippen LogP contribution in [0.1, 0.15) is 23.3 Å². The highest BCUT2D eigenvalue weighted by molar-refractivity contribution is 6.03. The summed E-state index contributed by atoms with van der Waals surface area (Å²) < 4.78 is 7.37. The lowest BCUT2D eigenvalue weighted by Crippen LogP contribution is -2.33. The Bertz CT molecular complexity index is 851. The van der Waals surface area contributed by atoms with Crippen LogP contribution < -0.4 is 5.32 Å². The summed E-state index contributed by atoms with van der Waals surface area (Å²) in [7, 11) is 0. The molecule has 0 spiro atoms. The van der Waals surface area contributed by atoms with Crippen molar-refractivity contribution in [2.75, 3.05) is 18.4 Å². The molecule has 0 unspecified atom stereocenters. The molecule has 1 N–H and O–H groups in total. The molecule has 1 amide bonds. The zero-order chi connectivity index (χ0) is 15.8. The first kappa shape index (κ1) is 14.0. The Hall–Kier alpha value is -2.60. The van der Waals surface area contributed by atoms with Gasteiger partial charge in [-0.1, -0.05) is 6.92 Å². The number of nitrogens with zero attached hydrogens (tertiary/aromatic N) is 3. The van der Waals surface area contributed by atoms with E-state index in [0.29, 0.717) is 5.76 Å². The van der Waals surface area contributed by atoms with Crippen molar-refractivity contribution in [2.45, 2.75) is 20.0 Å². The van der Waals surface area contributed by atoms with Gasteiger partial charge in [-0.2, -0.15) is 0 Å². The molecular formula is C17H18N4O2. The van der Waals surface area contributed by atoms with Crippen LogP contribution >= 0.6 is 0 Å². The van der Waals surface area contributed by atoms with Crippen molar-refractivity contribution >= 4 is 22.6 Å². The summed E-state index contributed by atoms with van der Waals surface area (Å²) in [4.78, 5) is 19.2. The topological polar surface area (TPSA) is 63.3 Å². The van der Waals surface area contributed by atoms with Gasteiger partial charge < -0.3 is 14.3 Å². The second-order valence-electron chi connectivity index (χ2n) is 5.68. The quantitative estimate of drug-likeness (QED) is 0.808. The van der Waals surface area contributed by atoms with Crippen LogP contribution in [0.25, 0.3) is 11.0 Å². The van der Waals surface area contributed by atoms with Crippen molar-refractivity contribution in [1.29, 1.82) is 0 Å². The van der Waals surface area contributed by atoms with E-state index < -0.39 is 0 Å². The lowest BCUT2D eigenvalue weighted by Gasteiger charge is -2.26. The average Bonchev–Trinajstić information content (AvgIpc) is 3.21. The highest BCUT2D eigenvalue weighted by Crippen LogP contribution is 2.24. The van der Waals surface area contributed by atoms with Crippen LogP contribution in [0.4, 0.5) is 5.69 Å². The normalized spacial score (nSPS) is 14.8. The molecule has 6 nitrogen and oxygen atoms in total. The molecule has 3 heterocycles. The number of carbonyl (C=O) groups excluding carboxylic acids is 1. The molecule has 23 heavy (non-hydrogen) atoms.